The average molecular weight is 367 g/mol. The molecule has 1 radical (unpaired) electrons. The Morgan fingerprint density at radius 3 is 1.11 bits per heavy atom. The molecule has 0 atom stereocenters. The summed E-state index contributed by atoms with van der Waals surface area (Å²) in [5, 5.41) is 0. The molecule has 0 aromatic heterocycles. The van der Waals surface area contributed by atoms with Crippen molar-refractivity contribution in [3.63, 3.8) is 0 Å². The first kappa shape index (κ1) is 18.8. The van der Waals surface area contributed by atoms with Gasteiger partial charge in [-0.3, -0.25) is 0 Å². The van der Waals surface area contributed by atoms with E-state index in [-0.39, 0.29) is 16.5 Å². The predicted octanol–water partition coefficient (Wildman–Crippen LogP) is 3.61. The van der Waals surface area contributed by atoms with Gasteiger partial charge in [0.05, 0.1) is 0 Å². The van der Waals surface area contributed by atoms with E-state index in [2.05, 4.69) is 0 Å². The molecule has 0 saturated carbocycles. The number of benzene rings is 2. The van der Waals surface area contributed by atoms with E-state index in [1.165, 1.54) is 11.1 Å². The summed E-state index contributed by atoms with van der Waals surface area (Å²) in [4.78, 5) is 3.11. The molecule has 5 heteroatoms. The molecule has 19 heavy (non-hydrogen) atoms. The van der Waals surface area contributed by atoms with E-state index in [0.29, 0.717) is 0 Å². The summed E-state index contributed by atoms with van der Waals surface area (Å²) in [5.41, 5.74) is 2.35. The van der Waals surface area contributed by atoms with E-state index in [0.717, 1.165) is 19.6 Å². The average Bonchev–Trinajstić information content (AvgIpc) is 2.30. The Labute approximate surface area is 147 Å². The van der Waals surface area contributed by atoms with Crippen molar-refractivity contribution in [1.82, 2.24) is 0 Å². The van der Waals surface area contributed by atoms with Crippen molar-refractivity contribution in [2.24, 2.45) is 0 Å². The quantitative estimate of drug-likeness (QED) is 0.515. The van der Waals surface area contributed by atoms with Gasteiger partial charge in [-0.2, -0.15) is 19.6 Å². The van der Waals surface area contributed by atoms with Crippen LogP contribution in [0.5, 0.6) is 0 Å². The molecular weight excluding hydrogens is 355 g/mol. The zero-order valence-corrected chi connectivity index (χ0v) is 14.7. The molecule has 0 aliphatic rings. The van der Waals surface area contributed by atoms with Gasteiger partial charge < -0.3 is 50.5 Å². The van der Waals surface area contributed by atoms with Gasteiger partial charge in [0.2, 0.25) is 0 Å². The van der Waals surface area contributed by atoms with Crippen LogP contribution in [0.4, 0.5) is 0 Å². The molecule has 2 aromatic rings. The Hall–Kier alpha value is -0.186. The summed E-state index contributed by atoms with van der Waals surface area (Å²) in [7, 11) is 0. The number of aryl methyl sites for hydroxylation is 2. The van der Waals surface area contributed by atoms with Crippen LogP contribution in [0.15, 0.2) is 56.0 Å². The SMILES string of the molecule is Cc1ccc([S-])c([S-])c1.Cc1ccc([S-])c([S-])c1.[Ni+3]. The van der Waals surface area contributed by atoms with Crippen molar-refractivity contribution in [1.29, 1.82) is 0 Å². The molecule has 0 amide bonds. The fourth-order valence-electron chi connectivity index (χ4n) is 1.23. The molecule has 0 nitrogen and oxygen atoms in total. The van der Waals surface area contributed by atoms with Crippen molar-refractivity contribution >= 4 is 50.5 Å². The monoisotopic (exact) mass is 366 g/mol. The second-order valence-corrected chi connectivity index (χ2v) is 5.66. The Kier molecular flexibility index (Phi) is 8.79. The van der Waals surface area contributed by atoms with Crippen LogP contribution in [0.2, 0.25) is 0 Å². The Morgan fingerprint density at radius 2 is 0.895 bits per heavy atom. The Balaban J connectivity index is 0.000000324. The molecule has 0 unspecified atom stereocenters. The van der Waals surface area contributed by atoms with Crippen LogP contribution in [0.3, 0.4) is 0 Å². The zero-order valence-electron chi connectivity index (χ0n) is 10.4. The van der Waals surface area contributed by atoms with Gasteiger partial charge in [-0.25, -0.2) is 0 Å². The molecule has 0 saturated heterocycles. The third-order valence-corrected chi connectivity index (χ3v) is 3.84. The largest absolute Gasteiger partial charge is 3.00 e. The van der Waals surface area contributed by atoms with Crippen LogP contribution in [0.1, 0.15) is 11.1 Å². The maximum absolute atomic E-state index is 4.94. The molecule has 2 aromatic carbocycles. The second kappa shape index (κ2) is 8.88. The van der Waals surface area contributed by atoms with Gasteiger partial charge in [0.1, 0.15) is 0 Å². The minimum absolute atomic E-state index is 0. The maximum atomic E-state index is 4.94. The zero-order chi connectivity index (χ0) is 13.7. The smallest absolute Gasteiger partial charge is 0.781 e. The first-order chi connectivity index (χ1) is 8.40. The van der Waals surface area contributed by atoms with Crippen molar-refractivity contribution in [3.05, 3.63) is 47.5 Å². The minimum Gasteiger partial charge on any atom is -0.781 e. The number of hydrogen-bond acceptors (Lipinski definition) is 4. The summed E-state index contributed by atoms with van der Waals surface area (Å²) in [6, 6.07) is 11.5. The van der Waals surface area contributed by atoms with Crippen LogP contribution in [0, 0.1) is 13.8 Å². The first-order valence-corrected chi connectivity index (χ1v) is 6.93. The molecule has 0 aliphatic heterocycles. The van der Waals surface area contributed by atoms with E-state index in [9.17, 15) is 0 Å². The summed E-state index contributed by atoms with van der Waals surface area (Å²) in [5.74, 6) is 0. The Bertz CT molecular complexity index is 491. The van der Waals surface area contributed by atoms with E-state index < -0.39 is 0 Å². The predicted molar refractivity (Wildman–Crippen MR) is 84.9 cm³/mol. The second-order valence-electron chi connectivity index (χ2n) is 3.90. The molecule has 103 valence electrons. The van der Waals surface area contributed by atoms with Gasteiger partial charge >= 0.3 is 16.5 Å². The molecule has 0 heterocycles. The van der Waals surface area contributed by atoms with Crippen LogP contribution in [-0.2, 0) is 67.0 Å². The summed E-state index contributed by atoms with van der Waals surface area (Å²) in [6.45, 7) is 4.01. The van der Waals surface area contributed by atoms with Crippen LogP contribution in [0.25, 0.3) is 0 Å². The van der Waals surface area contributed by atoms with Crippen molar-refractivity contribution in [2.75, 3.05) is 0 Å². The molecule has 0 spiro atoms. The van der Waals surface area contributed by atoms with E-state index >= 15 is 0 Å². The molecule has 0 fully saturated rings. The van der Waals surface area contributed by atoms with Gasteiger partial charge in [0, 0.05) is 0 Å². The molecule has 2 rings (SSSR count). The van der Waals surface area contributed by atoms with Gasteiger partial charge in [0.15, 0.2) is 0 Å². The van der Waals surface area contributed by atoms with Gasteiger partial charge in [-0.15, -0.1) is 0 Å². The minimum atomic E-state index is 0. The summed E-state index contributed by atoms with van der Waals surface area (Å²) >= 11 is 19.7. The van der Waals surface area contributed by atoms with Crippen LogP contribution >= 0.6 is 0 Å². The van der Waals surface area contributed by atoms with Gasteiger partial charge in [-0.1, -0.05) is 47.5 Å². The van der Waals surface area contributed by atoms with Crippen molar-refractivity contribution in [3.8, 4) is 0 Å². The van der Waals surface area contributed by atoms with E-state index in [1.807, 2.05) is 50.2 Å². The fraction of sp³-hybridized carbons (Fsp3) is 0.143. The van der Waals surface area contributed by atoms with Crippen molar-refractivity contribution < 1.29 is 16.5 Å². The summed E-state index contributed by atoms with van der Waals surface area (Å²) in [6.07, 6.45) is 0. The summed E-state index contributed by atoms with van der Waals surface area (Å²) < 4.78 is 0. The normalized spacial score (nSPS) is 8.95. The first-order valence-electron chi connectivity index (χ1n) is 5.29. The maximum Gasteiger partial charge on any atom is 3.00 e. The third-order valence-electron chi connectivity index (χ3n) is 2.20. The number of hydrogen-bond donors (Lipinski definition) is 0. The van der Waals surface area contributed by atoms with Gasteiger partial charge in [-0.05, 0) is 13.8 Å². The molecular formula is C14H12NiS4-. The van der Waals surface area contributed by atoms with E-state index in [1.54, 1.807) is 0 Å². The fourth-order valence-corrected chi connectivity index (χ4v) is 1.99. The Morgan fingerprint density at radius 1 is 0.579 bits per heavy atom. The van der Waals surface area contributed by atoms with Crippen LogP contribution < -0.4 is 0 Å². The topological polar surface area (TPSA) is 0 Å². The van der Waals surface area contributed by atoms with Gasteiger partial charge in [0.25, 0.3) is 0 Å². The third kappa shape index (κ3) is 6.69. The standard InChI is InChI=1S/2C7H8S2.Ni/c2*1-5-2-3-6(8)7(9)4-5;/h2*2-4,8-9H,1H3;/q;;+3/p-4. The van der Waals surface area contributed by atoms with E-state index in [4.69, 9.17) is 50.5 Å². The molecule has 0 N–H and O–H groups in total. The van der Waals surface area contributed by atoms with Crippen molar-refractivity contribution in [2.45, 2.75) is 33.4 Å². The molecule has 0 bridgehead atoms. The number of rotatable bonds is 0. The van der Waals surface area contributed by atoms with Crippen LogP contribution in [-0.4, -0.2) is 0 Å². The molecule has 0 aliphatic carbocycles.